The lowest BCUT2D eigenvalue weighted by molar-refractivity contribution is -0.139. The van der Waals surface area contributed by atoms with Crippen molar-refractivity contribution in [2.45, 2.75) is 12.6 Å². The van der Waals surface area contributed by atoms with Gasteiger partial charge in [-0.15, -0.1) is 0 Å². The molecule has 0 spiro atoms. The van der Waals surface area contributed by atoms with E-state index in [1.165, 1.54) is 0 Å². The van der Waals surface area contributed by atoms with Crippen LogP contribution in [0.25, 0.3) is 0 Å². The molecule has 1 N–H and O–H groups in total. The Balaban J connectivity index is 2.19. The Morgan fingerprint density at radius 2 is 2.20 bits per heavy atom. The fourth-order valence-electron chi connectivity index (χ4n) is 1.93. The number of alkyl halides is 3. The molecule has 1 heterocycles. The third-order valence-corrected chi connectivity index (χ3v) is 3.03. The Bertz CT molecular complexity index is 493. The van der Waals surface area contributed by atoms with Crippen molar-refractivity contribution in [1.29, 1.82) is 0 Å². The lowest BCUT2D eigenvalue weighted by Gasteiger charge is -2.16. The number of ether oxygens (including phenoxy) is 2. The van der Waals surface area contributed by atoms with Crippen molar-refractivity contribution in [2.24, 2.45) is 5.92 Å². The number of halogens is 3. The Morgan fingerprint density at radius 1 is 1.45 bits per heavy atom. The smallest absolute Gasteiger partial charge is 0.419 e. The predicted octanol–water partition coefficient (Wildman–Crippen LogP) is 2.82. The van der Waals surface area contributed by atoms with Crippen LogP contribution in [0.5, 0.6) is 5.75 Å². The van der Waals surface area contributed by atoms with Gasteiger partial charge in [0.05, 0.1) is 24.3 Å². The minimum absolute atomic E-state index is 0.0650. The highest BCUT2D eigenvalue weighted by molar-refractivity contribution is 5.88. The van der Waals surface area contributed by atoms with E-state index in [0.717, 1.165) is 18.6 Å². The summed E-state index contributed by atoms with van der Waals surface area (Å²) in [5.41, 5.74) is -1.50. The van der Waals surface area contributed by atoms with Gasteiger partial charge in [0.25, 0.3) is 0 Å². The molecular formula is C13H13F3O4. The first-order valence-corrected chi connectivity index (χ1v) is 6.03. The average Bonchev–Trinajstić information content (AvgIpc) is 2.88. The van der Waals surface area contributed by atoms with Gasteiger partial charge in [0.15, 0.2) is 0 Å². The molecule has 0 saturated carbocycles. The maximum atomic E-state index is 12.9. The largest absolute Gasteiger partial charge is 0.493 e. The molecule has 0 amide bonds. The van der Waals surface area contributed by atoms with E-state index >= 15 is 0 Å². The van der Waals surface area contributed by atoms with Crippen molar-refractivity contribution in [2.75, 3.05) is 19.8 Å². The summed E-state index contributed by atoms with van der Waals surface area (Å²) in [5.74, 6) is -1.70. The second kappa shape index (κ2) is 5.70. The molecule has 1 aliphatic heterocycles. The van der Waals surface area contributed by atoms with Crippen LogP contribution in [0.1, 0.15) is 22.3 Å². The van der Waals surface area contributed by atoms with Crippen molar-refractivity contribution in [1.82, 2.24) is 0 Å². The van der Waals surface area contributed by atoms with Crippen molar-refractivity contribution in [3.05, 3.63) is 29.3 Å². The molecule has 4 nitrogen and oxygen atoms in total. The number of hydrogen-bond acceptors (Lipinski definition) is 3. The van der Waals surface area contributed by atoms with Gasteiger partial charge >= 0.3 is 12.1 Å². The number of benzene rings is 1. The molecule has 1 saturated heterocycles. The van der Waals surface area contributed by atoms with Crippen LogP contribution < -0.4 is 4.74 Å². The van der Waals surface area contributed by atoms with Gasteiger partial charge in [0, 0.05) is 12.5 Å². The van der Waals surface area contributed by atoms with Crippen molar-refractivity contribution in [3.63, 3.8) is 0 Å². The van der Waals surface area contributed by atoms with Gasteiger partial charge in [-0.05, 0) is 24.6 Å². The molecule has 1 aliphatic rings. The molecule has 7 heteroatoms. The van der Waals surface area contributed by atoms with Gasteiger partial charge in [-0.25, -0.2) is 4.79 Å². The van der Waals surface area contributed by atoms with Crippen molar-refractivity contribution < 1.29 is 32.5 Å². The summed E-state index contributed by atoms with van der Waals surface area (Å²) in [6.07, 6.45) is -3.92. The van der Waals surface area contributed by atoms with E-state index in [2.05, 4.69) is 0 Å². The van der Waals surface area contributed by atoms with Crippen LogP contribution >= 0.6 is 0 Å². The monoisotopic (exact) mass is 290 g/mol. The van der Waals surface area contributed by atoms with E-state index in [-0.39, 0.29) is 18.3 Å². The average molecular weight is 290 g/mol. The number of hydrogen-bond donors (Lipinski definition) is 1. The normalized spacial score (nSPS) is 19.1. The van der Waals surface area contributed by atoms with Crippen molar-refractivity contribution >= 4 is 5.97 Å². The number of rotatable bonds is 4. The molecule has 2 rings (SSSR count). The molecule has 1 atom stereocenters. The van der Waals surface area contributed by atoms with Crippen molar-refractivity contribution in [3.8, 4) is 5.75 Å². The maximum Gasteiger partial charge on any atom is 0.419 e. The minimum atomic E-state index is -4.66. The van der Waals surface area contributed by atoms with Crippen LogP contribution in [0.15, 0.2) is 18.2 Å². The Morgan fingerprint density at radius 3 is 2.75 bits per heavy atom. The summed E-state index contributed by atoms with van der Waals surface area (Å²) < 4.78 is 49.0. The predicted molar refractivity (Wildman–Crippen MR) is 62.8 cm³/mol. The second-order valence-corrected chi connectivity index (χ2v) is 4.55. The van der Waals surface area contributed by atoms with Crippen LogP contribution in [0.4, 0.5) is 13.2 Å². The number of carboxylic acid groups (broad SMARTS) is 1. The minimum Gasteiger partial charge on any atom is -0.493 e. The lowest BCUT2D eigenvalue weighted by Crippen LogP contribution is -2.15. The lowest BCUT2D eigenvalue weighted by atomic mass is 10.1. The molecule has 1 aromatic rings. The Hall–Kier alpha value is -1.76. The Labute approximate surface area is 113 Å². The fourth-order valence-corrected chi connectivity index (χ4v) is 1.93. The molecular weight excluding hydrogens is 277 g/mol. The highest BCUT2D eigenvalue weighted by atomic mass is 19.4. The number of carbonyl (C=O) groups is 1. The standard InChI is InChI=1S/C13H13F3O4/c14-13(15,16)10-5-9(12(17)18)1-2-11(10)20-7-8-3-4-19-6-8/h1-2,5,8H,3-4,6-7H2,(H,17,18). The fraction of sp³-hybridized carbons (Fsp3) is 0.462. The van der Waals surface area contributed by atoms with E-state index in [1.807, 2.05) is 0 Å². The van der Waals surface area contributed by atoms with Gasteiger partial charge < -0.3 is 14.6 Å². The summed E-state index contributed by atoms with van der Waals surface area (Å²) in [6, 6.07) is 2.73. The number of carboxylic acids is 1. The zero-order valence-electron chi connectivity index (χ0n) is 10.4. The molecule has 20 heavy (non-hydrogen) atoms. The zero-order valence-corrected chi connectivity index (χ0v) is 10.4. The highest BCUT2D eigenvalue weighted by Gasteiger charge is 2.35. The third kappa shape index (κ3) is 3.41. The van der Waals surface area contributed by atoms with Gasteiger partial charge in [-0.1, -0.05) is 0 Å². The quantitative estimate of drug-likeness (QED) is 0.926. The topological polar surface area (TPSA) is 55.8 Å². The SMILES string of the molecule is O=C(O)c1ccc(OCC2CCOC2)c(C(F)(F)F)c1. The van der Waals surface area contributed by atoms with Crippen LogP contribution in [0.3, 0.4) is 0 Å². The molecule has 1 aromatic carbocycles. The summed E-state index contributed by atoms with van der Waals surface area (Å²) in [5, 5.41) is 8.74. The summed E-state index contributed by atoms with van der Waals surface area (Å²) in [7, 11) is 0. The van der Waals surface area contributed by atoms with Gasteiger partial charge in [-0.2, -0.15) is 13.2 Å². The van der Waals surface area contributed by atoms with Gasteiger partial charge in [-0.3, -0.25) is 0 Å². The highest BCUT2D eigenvalue weighted by Crippen LogP contribution is 2.37. The van der Waals surface area contributed by atoms with Crippen LogP contribution in [0.2, 0.25) is 0 Å². The van der Waals surface area contributed by atoms with E-state index in [1.54, 1.807) is 0 Å². The van der Waals surface area contributed by atoms with Gasteiger partial charge in [0.2, 0.25) is 0 Å². The first-order valence-electron chi connectivity index (χ1n) is 6.03. The summed E-state index contributed by atoms with van der Waals surface area (Å²) in [6.45, 7) is 1.17. The van der Waals surface area contributed by atoms with E-state index in [9.17, 15) is 18.0 Å². The second-order valence-electron chi connectivity index (χ2n) is 4.55. The molecule has 0 radical (unpaired) electrons. The van der Waals surface area contributed by atoms with Gasteiger partial charge in [0.1, 0.15) is 5.75 Å². The van der Waals surface area contributed by atoms with E-state index in [4.69, 9.17) is 14.6 Å². The maximum absolute atomic E-state index is 12.9. The molecule has 1 unspecified atom stereocenters. The molecule has 1 fully saturated rings. The van der Waals surface area contributed by atoms with Crippen LogP contribution in [0, 0.1) is 5.92 Å². The first-order chi connectivity index (χ1) is 9.38. The van der Waals surface area contributed by atoms with E-state index in [0.29, 0.717) is 19.3 Å². The molecule has 0 aliphatic carbocycles. The zero-order chi connectivity index (χ0) is 14.8. The summed E-state index contributed by atoms with van der Waals surface area (Å²) in [4.78, 5) is 10.7. The number of aromatic carboxylic acids is 1. The van der Waals surface area contributed by atoms with E-state index < -0.39 is 23.3 Å². The van der Waals surface area contributed by atoms with Crippen LogP contribution in [-0.2, 0) is 10.9 Å². The summed E-state index contributed by atoms with van der Waals surface area (Å²) >= 11 is 0. The molecule has 0 bridgehead atoms. The molecule has 110 valence electrons. The first kappa shape index (κ1) is 14.6. The molecule has 0 aromatic heterocycles. The third-order valence-electron chi connectivity index (χ3n) is 3.03. The van der Waals surface area contributed by atoms with Crippen LogP contribution in [-0.4, -0.2) is 30.9 Å². The Kier molecular flexibility index (Phi) is 4.17.